The van der Waals surface area contributed by atoms with E-state index < -0.39 is 5.91 Å². The van der Waals surface area contributed by atoms with E-state index >= 15 is 0 Å². The highest BCUT2D eigenvalue weighted by Crippen LogP contribution is 2.18. The molecule has 0 saturated heterocycles. The first-order valence-electron chi connectivity index (χ1n) is 5.90. The van der Waals surface area contributed by atoms with Crippen molar-refractivity contribution in [3.8, 4) is 0 Å². The van der Waals surface area contributed by atoms with Gasteiger partial charge in [0.25, 0.3) is 5.91 Å². The lowest BCUT2D eigenvalue weighted by Gasteiger charge is -2.10. The van der Waals surface area contributed by atoms with Crippen LogP contribution in [0.15, 0.2) is 36.7 Å². The lowest BCUT2D eigenvalue weighted by atomic mass is 10.1. The van der Waals surface area contributed by atoms with Gasteiger partial charge in [-0.05, 0) is 42.3 Å². The molecule has 2 aromatic rings. The van der Waals surface area contributed by atoms with Crippen molar-refractivity contribution in [1.82, 2.24) is 4.98 Å². The molecule has 5 heteroatoms. The van der Waals surface area contributed by atoms with Crippen LogP contribution in [0.2, 0.25) is 0 Å². The van der Waals surface area contributed by atoms with E-state index in [9.17, 15) is 4.79 Å². The van der Waals surface area contributed by atoms with Crippen LogP contribution in [-0.2, 0) is 6.54 Å². The summed E-state index contributed by atoms with van der Waals surface area (Å²) in [5.74, 6) is -0.529. The second kappa shape index (κ2) is 5.39. The molecule has 0 aliphatic rings. The van der Waals surface area contributed by atoms with Crippen LogP contribution >= 0.6 is 0 Å². The Bertz CT molecular complexity index is 610. The van der Waals surface area contributed by atoms with Gasteiger partial charge in [-0.1, -0.05) is 0 Å². The van der Waals surface area contributed by atoms with Crippen LogP contribution in [-0.4, -0.2) is 10.9 Å². The molecule has 0 aliphatic carbocycles. The topological polar surface area (TPSA) is 94.0 Å². The smallest absolute Gasteiger partial charge is 0.250 e. The number of hydrogen-bond acceptors (Lipinski definition) is 4. The number of carbonyl (C=O) groups excluding carboxylic acids is 1. The number of amides is 1. The summed E-state index contributed by atoms with van der Waals surface area (Å²) in [5, 5.41) is 3.22. The van der Waals surface area contributed by atoms with Gasteiger partial charge in [0.15, 0.2) is 0 Å². The minimum absolute atomic E-state index is 0.327. The van der Waals surface area contributed by atoms with Gasteiger partial charge in [-0.15, -0.1) is 0 Å². The van der Waals surface area contributed by atoms with Crippen LogP contribution in [0.5, 0.6) is 0 Å². The van der Waals surface area contributed by atoms with Gasteiger partial charge >= 0.3 is 0 Å². The van der Waals surface area contributed by atoms with E-state index in [1.54, 1.807) is 18.3 Å². The number of aryl methyl sites for hydroxylation is 1. The molecular formula is C14H16N4O. The zero-order valence-corrected chi connectivity index (χ0v) is 10.7. The fourth-order valence-electron chi connectivity index (χ4n) is 1.76. The van der Waals surface area contributed by atoms with Crippen molar-refractivity contribution in [3.63, 3.8) is 0 Å². The Labute approximate surface area is 111 Å². The number of hydrogen-bond donors (Lipinski definition) is 3. The third-order valence-corrected chi connectivity index (χ3v) is 2.95. The van der Waals surface area contributed by atoms with Gasteiger partial charge in [-0.2, -0.15) is 0 Å². The Hall–Kier alpha value is -2.56. The Morgan fingerprint density at radius 1 is 1.37 bits per heavy atom. The molecule has 0 fully saturated rings. The molecule has 0 radical (unpaired) electrons. The second-order valence-electron chi connectivity index (χ2n) is 4.32. The van der Waals surface area contributed by atoms with E-state index in [4.69, 9.17) is 11.5 Å². The molecule has 1 heterocycles. The number of pyridine rings is 1. The van der Waals surface area contributed by atoms with Crippen LogP contribution in [0.3, 0.4) is 0 Å². The highest BCUT2D eigenvalue weighted by atomic mass is 16.1. The summed E-state index contributed by atoms with van der Waals surface area (Å²) < 4.78 is 0. The van der Waals surface area contributed by atoms with Gasteiger partial charge in [0, 0.05) is 30.3 Å². The summed E-state index contributed by atoms with van der Waals surface area (Å²) in [5.41, 5.74) is 14.7. The van der Waals surface area contributed by atoms with E-state index in [1.165, 1.54) is 0 Å². The van der Waals surface area contributed by atoms with E-state index in [-0.39, 0.29) is 0 Å². The summed E-state index contributed by atoms with van der Waals surface area (Å²) >= 11 is 0. The zero-order chi connectivity index (χ0) is 13.8. The first-order valence-corrected chi connectivity index (χ1v) is 5.90. The molecule has 1 amide bonds. The molecule has 5 N–H and O–H groups in total. The average molecular weight is 256 g/mol. The summed E-state index contributed by atoms with van der Waals surface area (Å²) in [6.45, 7) is 2.65. The molecule has 0 unspecified atom stereocenters. The lowest BCUT2D eigenvalue weighted by Crippen LogP contribution is -2.14. The molecule has 1 aromatic carbocycles. The number of carbonyl (C=O) groups is 1. The van der Waals surface area contributed by atoms with Gasteiger partial charge < -0.3 is 16.8 Å². The van der Waals surface area contributed by atoms with E-state index in [0.29, 0.717) is 17.8 Å². The number of benzene rings is 1. The number of nitrogens with two attached hydrogens (primary N) is 2. The van der Waals surface area contributed by atoms with Crippen LogP contribution in [0, 0.1) is 6.92 Å². The highest BCUT2D eigenvalue weighted by Gasteiger charge is 2.06. The Balaban J connectivity index is 2.14. The van der Waals surface area contributed by atoms with Crippen LogP contribution in [0.1, 0.15) is 21.5 Å². The zero-order valence-electron chi connectivity index (χ0n) is 10.7. The fourth-order valence-corrected chi connectivity index (χ4v) is 1.76. The average Bonchev–Trinajstić information content (AvgIpc) is 2.39. The van der Waals surface area contributed by atoms with Crippen molar-refractivity contribution in [1.29, 1.82) is 0 Å². The number of nitrogens with zero attached hydrogens (tertiary/aromatic N) is 1. The van der Waals surface area contributed by atoms with Gasteiger partial charge in [0.1, 0.15) is 0 Å². The Kier molecular flexibility index (Phi) is 3.66. The molecule has 19 heavy (non-hydrogen) atoms. The molecule has 0 aliphatic heterocycles. The molecule has 98 valence electrons. The fraction of sp³-hybridized carbons (Fsp3) is 0.143. The van der Waals surface area contributed by atoms with Gasteiger partial charge in [0.05, 0.1) is 5.56 Å². The summed E-state index contributed by atoms with van der Waals surface area (Å²) in [7, 11) is 0. The van der Waals surface area contributed by atoms with Crippen molar-refractivity contribution in [2.75, 3.05) is 11.1 Å². The first-order chi connectivity index (χ1) is 9.08. The summed E-state index contributed by atoms with van der Waals surface area (Å²) in [4.78, 5) is 15.3. The minimum atomic E-state index is -0.529. The Morgan fingerprint density at radius 3 is 2.84 bits per heavy atom. The van der Waals surface area contributed by atoms with Crippen molar-refractivity contribution in [3.05, 3.63) is 53.3 Å². The number of nitrogens with one attached hydrogen (secondary N) is 1. The summed E-state index contributed by atoms with van der Waals surface area (Å²) in [6.07, 6.45) is 3.57. The maximum Gasteiger partial charge on any atom is 0.250 e. The maximum absolute atomic E-state index is 11.2. The van der Waals surface area contributed by atoms with Crippen molar-refractivity contribution in [2.45, 2.75) is 13.5 Å². The molecule has 0 atom stereocenters. The highest BCUT2D eigenvalue weighted by molar-refractivity contribution is 5.98. The van der Waals surface area contributed by atoms with Crippen molar-refractivity contribution >= 4 is 17.3 Å². The quantitative estimate of drug-likeness (QED) is 0.725. The molecule has 2 rings (SSSR count). The monoisotopic (exact) mass is 256 g/mol. The van der Waals surface area contributed by atoms with Crippen LogP contribution in [0.4, 0.5) is 11.4 Å². The molecule has 5 nitrogen and oxygen atoms in total. The van der Waals surface area contributed by atoms with E-state index in [1.807, 2.05) is 25.3 Å². The van der Waals surface area contributed by atoms with Crippen LogP contribution < -0.4 is 16.8 Å². The minimum Gasteiger partial charge on any atom is -0.398 e. The van der Waals surface area contributed by atoms with Gasteiger partial charge in [-0.25, -0.2) is 0 Å². The van der Waals surface area contributed by atoms with Gasteiger partial charge in [-0.3, -0.25) is 9.78 Å². The third-order valence-electron chi connectivity index (χ3n) is 2.95. The normalized spacial score (nSPS) is 10.2. The molecule has 1 aromatic heterocycles. The van der Waals surface area contributed by atoms with Crippen molar-refractivity contribution in [2.24, 2.45) is 5.73 Å². The number of nitrogen functional groups attached to an aromatic ring is 1. The number of rotatable bonds is 4. The predicted octanol–water partition coefficient (Wildman–Crippen LogP) is 1.68. The SMILES string of the molecule is Cc1ccncc1CNc1ccc(N)c(C(N)=O)c1. The second-order valence-corrected chi connectivity index (χ2v) is 4.32. The molecule has 0 bridgehead atoms. The molecular weight excluding hydrogens is 240 g/mol. The number of primary amides is 1. The lowest BCUT2D eigenvalue weighted by molar-refractivity contribution is 0.100. The van der Waals surface area contributed by atoms with E-state index in [2.05, 4.69) is 10.3 Å². The predicted molar refractivity (Wildman–Crippen MR) is 75.7 cm³/mol. The van der Waals surface area contributed by atoms with Crippen molar-refractivity contribution < 1.29 is 4.79 Å². The number of aromatic nitrogens is 1. The standard InChI is InChI=1S/C14H16N4O/c1-9-4-5-17-7-10(9)8-18-11-2-3-13(15)12(6-11)14(16)19/h2-7,18H,8,15H2,1H3,(H2,16,19). The van der Waals surface area contributed by atoms with Gasteiger partial charge in [0.2, 0.25) is 0 Å². The third kappa shape index (κ3) is 3.01. The van der Waals surface area contributed by atoms with Crippen LogP contribution in [0.25, 0.3) is 0 Å². The summed E-state index contributed by atoms with van der Waals surface area (Å²) in [6, 6.07) is 7.09. The molecule has 0 saturated carbocycles. The largest absolute Gasteiger partial charge is 0.398 e. The first kappa shape index (κ1) is 12.9. The number of anilines is 2. The maximum atomic E-state index is 11.2. The van der Waals surface area contributed by atoms with E-state index in [0.717, 1.165) is 16.8 Å². The Morgan fingerprint density at radius 2 is 2.16 bits per heavy atom. The molecule has 0 spiro atoms.